The molecule has 1 aliphatic heterocycles. The summed E-state index contributed by atoms with van der Waals surface area (Å²) in [6.07, 6.45) is 0.0144. The maximum Gasteiger partial charge on any atom is 0.418 e. The van der Waals surface area contributed by atoms with Crippen LogP contribution in [0.15, 0.2) is 67.3 Å². The maximum atomic E-state index is 14.1. The van der Waals surface area contributed by atoms with E-state index in [1.165, 1.54) is 64.9 Å². The number of ether oxygens (including phenoxy) is 1. The van der Waals surface area contributed by atoms with Gasteiger partial charge >= 0.3 is 18.2 Å². The van der Waals surface area contributed by atoms with Crippen molar-refractivity contribution < 1.29 is 37.4 Å². The number of aromatic nitrogens is 1. The fourth-order valence-electron chi connectivity index (χ4n) is 4.16. The highest BCUT2D eigenvalue weighted by molar-refractivity contribution is 6.04. The average Bonchev–Trinajstić information content (AvgIpc) is 2.95. The van der Waals surface area contributed by atoms with Crippen LogP contribution in [-0.2, 0) is 10.9 Å². The van der Waals surface area contributed by atoms with Gasteiger partial charge in [0.1, 0.15) is 5.60 Å². The van der Waals surface area contributed by atoms with E-state index in [-0.39, 0.29) is 35.6 Å². The second kappa shape index (κ2) is 12.5. The first-order valence-corrected chi connectivity index (χ1v) is 13.4. The van der Waals surface area contributed by atoms with Crippen LogP contribution in [0.5, 0.6) is 0 Å². The maximum absolute atomic E-state index is 14.1. The van der Waals surface area contributed by atoms with Gasteiger partial charge in [0.25, 0.3) is 5.91 Å². The molecule has 0 fully saturated rings. The summed E-state index contributed by atoms with van der Waals surface area (Å²) in [5.74, 6) is 3.93. The quantitative estimate of drug-likeness (QED) is 0.336. The van der Waals surface area contributed by atoms with Crippen LogP contribution in [0.25, 0.3) is 0 Å². The van der Waals surface area contributed by atoms with Crippen LogP contribution in [0.4, 0.5) is 29.3 Å². The molecule has 1 aliphatic rings. The number of aryl methyl sites for hydroxylation is 1. The van der Waals surface area contributed by atoms with E-state index in [1.54, 1.807) is 33.8 Å². The molecule has 0 unspecified atom stereocenters. The molecule has 4 rings (SSSR count). The molecule has 0 saturated carbocycles. The number of carbonyl (C=O) groups excluding carboxylic acids is 2. The SMILES string of the molecule is Cc1ccc(C(=O)Nc2ccc(N3C=CN(C(=O)OC(C)(C)C)CC3)c(C(F)(F)F)c2)cc1C#Cc1cncc(C(=O)O)c1. The molecule has 1 aromatic heterocycles. The molecule has 2 aromatic carbocycles. The van der Waals surface area contributed by atoms with Gasteiger partial charge in [-0.05, 0) is 69.7 Å². The number of benzene rings is 2. The average molecular weight is 607 g/mol. The van der Waals surface area contributed by atoms with Crippen LogP contribution in [-0.4, -0.2) is 51.7 Å². The van der Waals surface area contributed by atoms with Gasteiger partial charge in [0.05, 0.1) is 16.8 Å². The Morgan fingerprint density at radius 2 is 1.70 bits per heavy atom. The minimum Gasteiger partial charge on any atom is -0.478 e. The predicted octanol–water partition coefficient (Wildman–Crippen LogP) is 6.29. The number of hydrogen-bond acceptors (Lipinski definition) is 6. The molecule has 0 spiro atoms. The lowest BCUT2D eigenvalue weighted by Gasteiger charge is -2.32. The lowest BCUT2D eigenvalue weighted by atomic mass is 10.0. The Bertz CT molecular complexity index is 1700. The summed E-state index contributed by atoms with van der Waals surface area (Å²) < 4.78 is 47.7. The lowest BCUT2D eigenvalue weighted by Crippen LogP contribution is -2.41. The molecule has 12 heteroatoms. The Labute approximate surface area is 252 Å². The minimum absolute atomic E-state index is 0.0232. The molecule has 0 bridgehead atoms. The van der Waals surface area contributed by atoms with Crippen LogP contribution in [0.3, 0.4) is 0 Å². The van der Waals surface area contributed by atoms with E-state index >= 15 is 0 Å². The Morgan fingerprint density at radius 1 is 0.955 bits per heavy atom. The fourth-order valence-corrected chi connectivity index (χ4v) is 4.16. The summed E-state index contributed by atoms with van der Waals surface area (Å²) in [5.41, 5.74) is -0.161. The van der Waals surface area contributed by atoms with Crippen molar-refractivity contribution in [2.24, 2.45) is 0 Å². The van der Waals surface area contributed by atoms with E-state index < -0.39 is 35.3 Å². The molecule has 2 N–H and O–H groups in total. The zero-order valence-corrected chi connectivity index (χ0v) is 24.3. The zero-order valence-electron chi connectivity index (χ0n) is 24.3. The third-order valence-corrected chi connectivity index (χ3v) is 6.33. The number of pyridine rings is 1. The van der Waals surface area contributed by atoms with Crippen LogP contribution >= 0.6 is 0 Å². The van der Waals surface area contributed by atoms with Crippen molar-refractivity contribution in [2.75, 3.05) is 23.3 Å². The number of carboxylic acids is 1. The molecular formula is C32H29F3N4O5. The summed E-state index contributed by atoms with van der Waals surface area (Å²) in [6.45, 7) is 7.13. The minimum atomic E-state index is -4.73. The Kier molecular flexibility index (Phi) is 8.99. The molecule has 2 amide bonds. The lowest BCUT2D eigenvalue weighted by molar-refractivity contribution is -0.137. The number of nitrogens with zero attached hydrogens (tertiary/aromatic N) is 3. The van der Waals surface area contributed by atoms with Crippen LogP contribution < -0.4 is 10.2 Å². The van der Waals surface area contributed by atoms with Crippen molar-refractivity contribution in [2.45, 2.75) is 39.5 Å². The van der Waals surface area contributed by atoms with Crippen molar-refractivity contribution in [1.29, 1.82) is 0 Å². The van der Waals surface area contributed by atoms with E-state index in [9.17, 15) is 27.6 Å². The van der Waals surface area contributed by atoms with Crippen molar-refractivity contribution >= 4 is 29.3 Å². The molecule has 44 heavy (non-hydrogen) atoms. The second-order valence-corrected chi connectivity index (χ2v) is 10.9. The molecular weight excluding hydrogens is 577 g/mol. The largest absolute Gasteiger partial charge is 0.478 e. The van der Waals surface area contributed by atoms with Gasteiger partial charge in [0, 0.05) is 60.3 Å². The zero-order chi connectivity index (χ0) is 32.2. The van der Waals surface area contributed by atoms with E-state index in [4.69, 9.17) is 9.84 Å². The topological polar surface area (TPSA) is 112 Å². The molecule has 3 aromatic rings. The molecule has 0 saturated heterocycles. The third-order valence-electron chi connectivity index (χ3n) is 6.33. The molecule has 0 radical (unpaired) electrons. The van der Waals surface area contributed by atoms with E-state index in [1.807, 2.05) is 0 Å². The van der Waals surface area contributed by atoms with Crippen molar-refractivity contribution in [3.63, 3.8) is 0 Å². The van der Waals surface area contributed by atoms with Gasteiger partial charge in [0.2, 0.25) is 0 Å². The van der Waals surface area contributed by atoms with E-state index in [2.05, 4.69) is 22.1 Å². The first kappa shape index (κ1) is 31.6. The van der Waals surface area contributed by atoms with E-state index in [0.717, 1.165) is 11.6 Å². The summed E-state index contributed by atoms with van der Waals surface area (Å²) in [4.78, 5) is 43.0. The van der Waals surface area contributed by atoms with Crippen LogP contribution in [0, 0.1) is 18.8 Å². The standard InChI is InChI=1S/C32H29F3N4O5/c1-20-5-7-23(16-22(20)8-6-21-15-24(29(41)42)19-36-18-21)28(40)37-25-9-10-27(26(17-25)32(33,34)35)38-11-13-39(14-12-38)30(43)44-31(2,3)4/h5,7,9-11,13,15-19H,12,14H2,1-4H3,(H,37,40)(H,41,42). The number of anilines is 2. The highest BCUT2D eigenvalue weighted by Gasteiger charge is 2.36. The summed E-state index contributed by atoms with van der Waals surface area (Å²) >= 11 is 0. The number of alkyl halides is 3. The molecule has 2 heterocycles. The third kappa shape index (κ3) is 7.95. The first-order chi connectivity index (χ1) is 20.6. The summed E-state index contributed by atoms with van der Waals surface area (Å²) in [6, 6.07) is 9.53. The van der Waals surface area contributed by atoms with Gasteiger partial charge in [-0.1, -0.05) is 17.9 Å². The van der Waals surface area contributed by atoms with Gasteiger partial charge in [-0.2, -0.15) is 13.2 Å². The second-order valence-electron chi connectivity index (χ2n) is 10.9. The van der Waals surface area contributed by atoms with Crippen molar-refractivity contribution in [3.05, 3.63) is 101 Å². The number of nitrogens with one attached hydrogen (secondary N) is 1. The Hall–Kier alpha value is -5.31. The number of rotatable bonds is 4. The van der Waals surface area contributed by atoms with Crippen LogP contribution in [0.2, 0.25) is 0 Å². The molecule has 0 aliphatic carbocycles. The van der Waals surface area contributed by atoms with Crippen LogP contribution in [0.1, 0.15) is 63.7 Å². The molecule has 228 valence electrons. The summed E-state index contributed by atoms with van der Waals surface area (Å²) in [7, 11) is 0. The van der Waals surface area contributed by atoms with Gasteiger partial charge < -0.3 is 20.1 Å². The number of carbonyl (C=O) groups is 3. The predicted molar refractivity (Wildman–Crippen MR) is 157 cm³/mol. The van der Waals surface area contributed by atoms with Gasteiger partial charge in [-0.3, -0.25) is 14.7 Å². The van der Waals surface area contributed by atoms with Gasteiger partial charge in [-0.15, -0.1) is 0 Å². The number of amides is 2. The van der Waals surface area contributed by atoms with Gasteiger partial charge in [-0.25, -0.2) is 9.59 Å². The monoisotopic (exact) mass is 606 g/mol. The van der Waals surface area contributed by atoms with Crippen molar-refractivity contribution in [3.8, 4) is 11.8 Å². The number of aromatic carboxylic acids is 1. The van der Waals surface area contributed by atoms with Crippen molar-refractivity contribution in [1.82, 2.24) is 9.88 Å². The fraction of sp³-hybridized carbons (Fsp3) is 0.250. The number of halogens is 3. The first-order valence-electron chi connectivity index (χ1n) is 13.4. The highest BCUT2D eigenvalue weighted by atomic mass is 19.4. The van der Waals surface area contributed by atoms with Gasteiger partial charge in [0.15, 0.2) is 0 Å². The number of hydrogen-bond donors (Lipinski definition) is 2. The Balaban J connectivity index is 1.53. The molecule has 0 atom stereocenters. The Morgan fingerprint density at radius 3 is 2.34 bits per heavy atom. The van der Waals surface area contributed by atoms with E-state index in [0.29, 0.717) is 11.1 Å². The number of carboxylic acid groups (broad SMARTS) is 1. The smallest absolute Gasteiger partial charge is 0.418 e. The summed E-state index contributed by atoms with van der Waals surface area (Å²) in [5, 5.41) is 11.7. The molecule has 9 nitrogen and oxygen atoms in total. The normalized spacial score (nSPS) is 13.2. The highest BCUT2D eigenvalue weighted by Crippen LogP contribution is 2.39.